The highest BCUT2D eigenvalue weighted by molar-refractivity contribution is 6.52. The minimum absolute atomic E-state index is 0.212. The summed E-state index contributed by atoms with van der Waals surface area (Å²) in [4.78, 5) is 0. The predicted octanol–water partition coefficient (Wildman–Crippen LogP) is 1.13. The zero-order valence-corrected chi connectivity index (χ0v) is 11.2. The summed E-state index contributed by atoms with van der Waals surface area (Å²) < 4.78 is 5.57. The Kier molecular flexibility index (Phi) is 2.74. The lowest BCUT2D eigenvalue weighted by Gasteiger charge is -2.13. The molecule has 0 saturated carbocycles. The van der Waals surface area contributed by atoms with E-state index < -0.39 is 0 Å². The van der Waals surface area contributed by atoms with Crippen LogP contribution in [-0.4, -0.2) is 36.2 Å². The van der Waals surface area contributed by atoms with Crippen LogP contribution in [0.15, 0.2) is 37.2 Å². The molecule has 0 aliphatic rings. The molecule has 0 fully saturated rings. The normalized spacial score (nSPS) is 10.9. The van der Waals surface area contributed by atoms with Crippen molar-refractivity contribution >= 4 is 7.12 Å². The molecule has 96 valence electrons. The molecule has 3 rings (SSSR count). The molecule has 0 spiro atoms. The summed E-state index contributed by atoms with van der Waals surface area (Å²) >= 11 is 0. The second-order valence-electron chi connectivity index (χ2n) is 4.84. The first kappa shape index (κ1) is 11.8. The van der Waals surface area contributed by atoms with E-state index in [9.17, 15) is 0 Å². The van der Waals surface area contributed by atoms with Crippen LogP contribution in [0.5, 0.6) is 0 Å². The molecule has 7 heteroatoms. The molecule has 0 unspecified atom stereocenters. The van der Waals surface area contributed by atoms with Crippen LogP contribution in [0.1, 0.15) is 16.7 Å². The van der Waals surface area contributed by atoms with Crippen molar-refractivity contribution in [3.8, 4) is 0 Å². The van der Waals surface area contributed by atoms with Gasteiger partial charge in [0.25, 0.3) is 0 Å². The molecule has 3 heterocycles. The summed E-state index contributed by atoms with van der Waals surface area (Å²) in [5.74, 6) is 0. The van der Waals surface area contributed by atoms with Crippen LogP contribution in [0.2, 0.25) is 0 Å². The molecule has 6 nitrogen and oxygen atoms in total. The van der Waals surface area contributed by atoms with E-state index in [0.29, 0.717) is 0 Å². The Hall–Kier alpha value is -2.31. The standard InChI is InChI=1S/C12H15BN6/c1-10-4-14-17(7-10)13(18-8-11(2)5-15-18)19-9-12(3)6-16-19/h4-9H,1-3H3. The van der Waals surface area contributed by atoms with E-state index in [1.54, 1.807) is 0 Å². The molecule has 0 aliphatic carbocycles. The van der Waals surface area contributed by atoms with Gasteiger partial charge in [0.1, 0.15) is 0 Å². The van der Waals surface area contributed by atoms with E-state index in [4.69, 9.17) is 0 Å². The number of aryl methyl sites for hydroxylation is 3. The average Bonchev–Trinajstić information content (AvgIpc) is 3.05. The molecule has 3 aromatic rings. The first-order valence-corrected chi connectivity index (χ1v) is 6.16. The molecule has 0 aromatic carbocycles. The SMILES string of the molecule is Cc1cnn(B(n2cc(C)cn2)n2cc(C)cn2)c1. The van der Waals surface area contributed by atoms with Gasteiger partial charge < -0.3 is 0 Å². The fraction of sp³-hybridized carbons (Fsp3) is 0.250. The maximum absolute atomic E-state index is 4.38. The third-order valence-electron chi connectivity index (χ3n) is 2.90. The van der Waals surface area contributed by atoms with Gasteiger partial charge in [0, 0.05) is 18.6 Å². The second-order valence-corrected chi connectivity index (χ2v) is 4.84. The third-order valence-corrected chi connectivity index (χ3v) is 2.90. The molecule has 0 radical (unpaired) electrons. The molecule has 0 N–H and O–H groups in total. The fourth-order valence-corrected chi connectivity index (χ4v) is 2.04. The molecule has 0 amide bonds. The summed E-state index contributed by atoms with van der Waals surface area (Å²) in [7, 11) is -0.212. The lowest BCUT2D eigenvalue weighted by atomic mass is 9.95. The van der Waals surface area contributed by atoms with E-state index in [1.807, 2.05) is 71.7 Å². The van der Waals surface area contributed by atoms with E-state index in [0.717, 1.165) is 16.7 Å². The van der Waals surface area contributed by atoms with Gasteiger partial charge in [-0.25, -0.2) is 0 Å². The lowest BCUT2D eigenvalue weighted by Crippen LogP contribution is -2.42. The number of rotatable bonds is 3. The molecular formula is C12H15BN6. The summed E-state index contributed by atoms with van der Waals surface area (Å²) in [5, 5.41) is 13.1. The van der Waals surface area contributed by atoms with E-state index in [2.05, 4.69) is 15.3 Å². The van der Waals surface area contributed by atoms with Gasteiger partial charge in [-0.05, 0) is 37.5 Å². The fourth-order valence-electron chi connectivity index (χ4n) is 2.04. The first-order valence-electron chi connectivity index (χ1n) is 6.16. The van der Waals surface area contributed by atoms with Gasteiger partial charge in [0.15, 0.2) is 0 Å². The molecule has 3 aromatic heterocycles. The number of nitrogens with zero attached hydrogens (tertiary/aromatic N) is 6. The molecule has 19 heavy (non-hydrogen) atoms. The zero-order valence-electron chi connectivity index (χ0n) is 11.2. The van der Waals surface area contributed by atoms with Crippen LogP contribution in [-0.2, 0) is 0 Å². The maximum atomic E-state index is 4.38. The van der Waals surface area contributed by atoms with Crippen molar-refractivity contribution in [2.75, 3.05) is 0 Å². The van der Waals surface area contributed by atoms with E-state index in [1.165, 1.54) is 0 Å². The minimum atomic E-state index is -0.212. The largest absolute Gasteiger partial charge is 0.568 e. The third kappa shape index (κ3) is 2.19. The highest BCUT2D eigenvalue weighted by Crippen LogP contribution is 2.04. The Bertz CT molecular complexity index is 599. The van der Waals surface area contributed by atoms with Crippen molar-refractivity contribution in [3.63, 3.8) is 0 Å². The monoisotopic (exact) mass is 254 g/mol. The molecule has 0 aliphatic heterocycles. The zero-order chi connectivity index (χ0) is 13.4. The smallest absolute Gasteiger partial charge is 0.268 e. The van der Waals surface area contributed by atoms with Gasteiger partial charge in [-0.1, -0.05) is 0 Å². The highest BCUT2D eigenvalue weighted by Gasteiger charge is 2.27. The van der Waals surface area contributed by atoms with Crippen molar-refractivity contribution < 1.29 is 0 Å². The van der Waals surface area contributed by atoms with E-state index >= 15 is 0 Å². The van der Waals surface area contributed by atoms with Crippen LogP contribution in [0, 0.1) is 20.8 Å². The van der Waals surface area contributed by atoms with Crippen LogP contribution in [0.25, 0.3) is 0 Å². The Morgan fingerprint density at radius 3 is 1.21 bits per heavy atom. The predicted molar refractivity (Wildman–Crippen MR) is 72.8 cm³/mol. The van der Waals surface area contributed by atoms with Gasteiger partial charge in [0.2, 0.25) is 0 Å². The summed E-state index contributed by atoms with van der Waals surface area (Å²) in [6, 6.07) is 0. The maximum Gasteiger partial charge on any atom is 0.568 e. The molecular weight excluding hydrogens is 239 g/mol. The van der Waals surface area contributed by atoms with Gasteiger partial charge in [0.05, 0.1) is 18.6 Å². The summed E-state index contributed by atoms with van der Waals surface area (Å²) in [6.07, 6.45) is 11.5. The number of aromatic nitrogens is 6. The minimum Gasteiger partial charge on any atom is -0.268 e. The molecule has 0 atom stereocenters. The van der Waals surface area contributed by atoms with Gasteiger partial charge in [-0.2, -0.15) is 15.3 Å². The Labute approximate surface area is 111 Å². The van der Waals surface area contributed by atoms with E-state index in [-0.39, 0.29) is 7.12 Å². The quantitative estimate of drug-likeness (QED) is 0.658. The Morgan fingerprint density at radius 2 is 1.00 bits per heavy atom. The summed E-state index contributed by atoms with van der Waals surface area (Å²) in [6.45, 7) is 6.05. The van der Waals surface area contributed by atoms with Gasteiger partial charge in [-0.3, -0.25) is 13.8 Å². The van der Waals surface area contributed by atoms with Crippen LogP contribution in [0.4, 0.5) is 0 Å². The molecule has 0 bridgehead atoms. The summed E-state index contributed by atoms with van der Waals surface area (Å²) in [5.41, 5.74) is 3.33. The first-order chi connectivity index (χ1) is 9.13. The van der Waals surface area contributed by atoms with Crippen LogP contribution in [0.3, 0.4) is 0 Å². The lowest BCUT2D eigenvalue weighted by molar-refractivity contribution is 0.771. The van der Waals surface area contributed by atoms with Crippen molar-refractivity contribution in [2.45, 2.75) is 20.8 Å². The molecule has 0 saturated heterocycles. The average molecular weight is 254 g/mol. The topological polar surface area (TPSA) is 53.5 Å². The highest BCUT2D eigenvalue weighted by atomic mass is 15.4. The van der Waals surface area contributed by atoms with Crippen molar-refractivity contribution in [2.24, 2.45) is 0 Å². The van der Waals surface area contributed by atoms with Crippen molar-refractivity contribution in [1.29, 1.82) is 0 Å². The Balaban J connectivity index is 2.10. The van der Waals surface area contributed by atoms with Gasteiger partial charge in [-0.15, -0.1) is 0 Å². The van der Waals surface area contributed by atoms with Gasteiger partial charge >= 0.3 is 7.12 Å². The van der Waals surface area contributed by atoms with Crippen LogP contribution >= 0.6 is 0 Å². The number of hydrogen-bond donors (Lipinski definition) is 0. The Morgan fingerprint density at radius 1 is 0.684 bits per heavy atom. The number of hydrogen-bond acceptors (Lipinski definition) is 3. The van der Waals surface area contributed by atoms with Crippen molar-refractivity contribution in [3.05, 3.63) is 53.9 Å². The second kappa shape index (κ2) is 4.42. The van der Waals surface area contributed by atoms with Crippen LogP contribution < -0.4 is 0 Å². The van der Waals surface area contributed by atoms with Crippen molar-refractivity contribution in [1.82, 2.24) is 29.1 Å².